The van der Waals surface area contributed by atoms with Gasteiger partial charge in [-0.2, -0.15) is 0 Å². The first-order valence-electron chi connectivity index (χ1n) is 16.8. The Morgan fingerprint density at radius 2 is 1.96 bits per heavy atom. The van der Waals surface area contributed by atoms with Crippen molar-refractivity contribution in [2.75, 3.05) is 13.7 Å². The Kier molecular flexibility index (Phi) is 10.5. The maximum absolute atomic E-state index is 14.2. The zero-order valence-electron chi connectivity index (χ0n) is 28.7. The van der Waals surface area contributed by atoms with Crippen molar-refractivity contribution < 1.29 is 38.8 Å². The Balaban J connectivity index is 1.55. The molecule has 2 bridgehead atoms. The van der Waals surface area contributed by atoms with Crippen molar-refractivity contribution in [3.63, 3.8) is 0 Å². The molecule has 9 nitrogen and oxygen atoms in total. The fourth-order valence-corrected chi connectivity index (χ4v) is 7.94. The Bertz CT molecular complexity index is 1340. The number of allylic oxidation sites excluding steroid dienone is 5. The van der Waals surface area contributed by atoms with Crippen LogP contribution in [0.4, 0.5) is 0 Å². The average Bonchev–Trinajstić information content (AvgIpc) is 3.31. The van der Waals surface area contributed by atoms with Gasteiger partial charge < -0.3 is 34.0 Å². The summed E-state index contributed by atoms with van der Waals surface area (Å²) in [6, 6.07) is 0. The maximum Gasteiger partial charge on any atom is 0.316 e. The number of aliphatic hydroxyl groups excluding tert-OH is 1. The molecule has 10 atom stereocenters. The number of oxime groups is 1. The van der Waals surface area contributed by atoms with Gasteiger partial charge in [0.05, 0.1) is 24.5 Å². The van der Waals surface area contributed by atoms with Crippen LogP contribution in [-0.4, -0.2) is 77.5 Å². The number of hydrogen-bond acceptors (Lipinski definition) is 9. The van der Waals surface area contributed by atoms with E-state index in [2.05, 4.69) is 64.9 Å². The highest BCUT2D eigenvalue weighted by molar-refractivity contribution is 5.88. The average molecular weight is 640 g/mol. The SMILES string of the molecule is CO/N=C1\C[C@]2(C[C@@H]3CC(C/C=C(\C)C[C@@H](C)/C=C/C=C4\COC5[C@H](O)C(C)=C[C@@H](C(=O)O3)[C@]45O)O2)O[C@H](/C(C)=C/C(C)C)[C@H]1C. The van der Waals surface area contributed by atoms with E-state index in [0.717, 1.165) is 17.7 Å². The molecule has 0 radical (unpaired) electrons. The zero-order valence-corrected chi connectivity index (χ0v) is 28.7. The number of hydrogen-bond donors (Lipinski definition) is 2. The topological polar surface area (TPSA) is 116 Å². The van der Waals surface area contributed by atoms with E-state index in [0.29, 0.717) is 42.7 Å². The van der Waals surface area contributed by atoms with E-state index in [-0.39, 0.29) is 30.7 Å². The first-order chi connectivity index (χ1) is 21.8. The van der Waals surface area contributed by atoms with Crippen molar-refractivity contribution in [1.29, 1.82) is 0 Å². The largest absolute Gasteiger partial charge is 0.462 e. The van der Waals surface area contributed by atoms with Gasteiger partial charge >= 0.3 is 5.97 Å². The highest BCUT2D eigenvalue weighted by Gasteiger charge is 2.60. The van der Waals surface area contributed by atoms with E-state index >= 15 is 0 Å². The molecule has 3 fully saturated rings. The van der Waals surface area contributed by atoms with Gasteiger partial charge in [-0.15, -0.1) is 0 Å². The molecule has 5 rings (SSSR count). The number of ether oxygens (including phenoxy) is 4. The van der Waals surface area contributed by atoms with Gasteiger partial charge in [0.15, 0.2) is 5.79 Å². The molecule has 9 heteroatoms. The van der Waals surface area contributed by atoms with Crippen molar-refractivity contribution in [2.24, 2.45) is 28.8 Å². The minimum absolute atomic E-state index is 0.0340. The Hall–Kier alpha value is -2.56. The van der Waals surface area contributed by atoms with Crippen LogP contribution >= 0.6 is 0 Å². The number of fused-ring (bicyclic) bond motifs is 2. The second-order valence-corrected chi connectivity index (χ2v) is 14.5. The van der Waals surface area contributed by atoms with E-state index in [1.54, 1.807) is 20.1 Å². The Labute approximate surface area is 274 Å². The van der Waals surface area contributed by atoms with Gasteiger partial charge in [-0.25, -0.2) is 0 Å². The first kappa shape index (κ1) is 34.8. The van der Waals surface area contributed by atoms with Crippen molar-refractivity contribution >= 4 is 11.7 Å². The van der Waals surface area contributed by atoms with E-state index in [9.17, 15) is 15.0 Å². The van der Waals surface area contributed by atoms with Crippen LogP contribution in [0.5, 0.6) is 0 Å². The predicted molar refractivity (Wildman–Crippen MR) is 176 cm³/mol. The third kappa shape index (κ3) is 6.99. The molecule has 1 aliphatic carbocycles. The van der Waals surface area contributed by atoms with Gasteiger partial charge in [-0.05, 0) is 62.2 Å². The Morgan fingerprint density at radius 1 is 1.20 bits per heavy atom. The van der Waals surface area contributed by atoms with Crippen molar-refractivity contribution in [2.45, 2.75) is 122 Å². The molecule has 0 saturated carbocycles. The summed E-state index contributed by atoms with van der Waals surface area (Å²) < 4.78 is 26.0. The standard InChI is InChI=1S/C37H53NO8/c1-21(2)14-25(6)33-26(7)31(38-42-8)19-36(46-33)18-29-17-28(45-36)13-12-23(4)15-22(3)10-9-11-27-20-43-34-32(39)24(5)16-30(35(40)44-29)37(27,34)41/h9-12,14,16,21-22,26,28-30,32-34,39,41H,13,15,17-20H2,1-8H3/b10-9+,23-12+,25-14+,27-11+,38-31+/t22-,26-,28?,29-,30-,32+,33+,34?,36-,37+/m0/s1. The molecule has 0 aromatic carbocycles. The second kappa shape index (κ2) is 13.9. The lowest BCUT2D eigenvalue weighted by atomic mass is 9.71. The summed E-state index contributed by atoms with van der Waals surface area (Å²) in [6.07, 6.45) is 11.4. The molecule has 1 spiro atoms. The number of aliphatic hydroxyl groups is 2. The normalized spacial score (nSPS) is 44.5. The molecule has 2 unspecified atom stereocenters. The van der Waals surface area contributed by atoms with E-state index in [1.165, 1.54) is 5.57 Å². The summed E-state index contributed by atoms with van der Waals surface area (Å²) in [5.41, 5.74) is 2.54. The minimum Gasteiger partial charge on any atom is -0.462 e. The molecule has 0 aromatic rings. The monoisotopic (exact) mass is 639 g/mol. The smallest absolute Gasteiger partial charge is 0.316 e. The maximum atomic E-state index is 14.2. The van der Waals surface area contributed by atoms with Crippen molar-refractivity contribution in [3.05, 3.63) is 58.7 Å². The van der Waals surface area contributed by atoms with Crippen LogP contribution in [0.2, 0.25) is 0 Å². The lowest BCUT2D eigenvalue weighted by Crippen LogP contribution is -2.59. The summed E-state index contributed by atoms with van der Waals surface area (Å²) in [5, 5.41) is 27.6. The van der Waals surface area contributed by atoms with E-state index in [4.69, 9.17) is 23.8 Å². The Morgan fingerprint density at radius 3 is 2.67 bits per heavy atom. The van der Waals surface area contributed by atoms with E-state index < -0.39 is 41.6 Å². The molecule has 3 saturated heterocycles. The first-order valence-corrected chi connectivity index (χ1v) is 16.8. The van der Waals surface area contributed by atoms with Gasteiger partial charge in [0, 0.05) is 25.2 Å². The highest BCUT2D eigenvalue weighted by atomic mass is 16.7. The van der Waals surface area contributed by atoms with Gasteiger partial charge in [0.1, 0.15) is 36.9 Å². The lowest BCUT2D eigenvalue weighted by Gasteiger charge is -2.50. The third-order valence-electron chi connectivity index (χ3n) is 10.1. The number of rotatable bonds is 3. The molecule has 254 valence electrons. The second-order valence-electron chi connectivity index (χ2n) is 14.5. The van der Waals surface area contributed by atoms with Crippen LogP contribution in [0, 0.1) is 23.7 Å². The quantitative estimate of drug-likeness (QED) is 0.229. The van der Waals surface area contributed by atoms with E-state index in [1.807, 2.05) is 12.2 Å². The van der Waals surface area contributed by atoms with Crippen LogP contribution in [0.15, 0.2) is 63.9 Å². The number of carbonyl (C=O) groups is 1. The molecule has 4 heterocycles. The molecular formula is C37H53NO8. The molecule has 5 aliphatic rings. The number of nitrogens with zero attached hydrogens (tertiary/aromatic N) is 1. The fraction of sp³-hybridized carbons (Fsp3) is 0.676. The van der Waals surface area contributed by atoms with Gasteiger partial charge in [0.2, 0.25) is 0 Å². The lowest BCUT2D eigenvalue weighted by molar-refractivity contribution is -0.313. The highest BCUT2D eigenvalue weighted by Crippen LogP contribution is 2.47. The summed E-state index contributed by atoms with van der Waals surface area (Å²) in [7, 11) is 1.55. The molecule has 46 heavy (non-hydrogen) atoms. The fourth-order valence-electron chi connectivity index (χ4n) is 7.94. The molecular weight excluding hydrogens is 586 g/mol. The van der Waals surface area contributed by atoms with Crippen LogP contribution in [0.25, 0.3) is 0 Å². The molecule has 2 N–H and O–H groups in total. The van der Waals surface area contributed by atoms with Gasteiger partial charge in [0.25, 0.3) is 0 Å². The number of carbonyl (C=O) groups excluding carboxylic acids is 1. The summed E-state index contributed by atoms with van der Waals surface area (Å²) in [5.74, 6) is -2.15. The molecule has 4 aliphatic heterocycles. The van der Waals surface area contributed by atoms with Crippen LogP contribution in [0.1, 0.15) is 80.6 Å². The zero-order chi connectivity index (χ0) is 33.4. The molecule has 0 aromatic heterocycles. The third-order valence-corrected chi connectivity index (χ3v) is 10.1. The van der Waals surface area contributed by atoms with Crippen molar-refractivity contribution in [3.8, 4) is 0 Å². The van der Waals surface area contributed by atoms with Crippen LogP contribution in [0.3, 0.4) is 0 Å². The molecule has 0 amide bonds. The minimum atomic E-state index is -1.74. The van der Waals surface area contributed by atoms with Crippen molar-refractivity contribution in [1.82, 2.24) is 0 Å². The summed E-state index contributed by atoms with van der Waals surface area (Å²) in [4.78, 5) is 19.4. The predicted octanol–water partition coefficient (Wildman–Crippen LogP) is 5.73. The van der Waals surface area contributed by atoms with Crippen LogP contribution in [-0.2, 0) is 28.6 Å². The number of esters is 1. The van der Waals surface area contributed by atoms with Crippen LogP contribution < -0.4 is 0 Å². The van der Waals surface area contributed by atoms with Gasteiger partial charge in [-0.1, -0.05) is 74.9 Å². The summed E-state index contributed by atoms with van der Waals surface area (Å²) >= 11 is 0. The summed E-state index contributed by atoms with van der Waals surface area (Å²) in [6.45, 7) is 14.6. The van der Waals surface area contributed by atoms with Gasteiger partial charge in [-0.3, -0.25) is 4.79 Å².